The molecule has 0 unspecified atom stereocenters. The molecule has 35 heavy (non-hydrogen) atoms. The van der Waals surface area contributed by atoms with Gasteiger partial charge in [-0.1, -0.05) is 24.3 Å². The topological polar surface area (TPSA) is 113 Å². The van der Waals surface area contributed by atoms with Crippen LogP contribution in [0.2, 0.25) is 0 Å². The van der Waals surface area contributed by atoms with E-state index in [0.29, 0.717) is 45.2 Å². The first-order valence-electron chi connectivity index (χ1n) is 11.0. The Kier molecular flexibility index (Phi) is 5.62. The van der Waals surface area contributed by atoms with Gasteiger partial charge in [0.25, 0.3) is 0 Å². The normalized spacial score (nSPS) is 11.5. The van der Waals surface area contributed by atoms with Crippen LogP contribution in [0.3, 0.4) is 0 Å². The average Bonchev–Trinajstić information content (AvgIpc) is 3.40. The van der Waals surface area contributed by atoms with E-state index in [-0.39, 0.29) is 24.0 Å². The lowest BCUT2D eigenvalue weighted by molar-refractivity contribution is -0.116. The Morgan fingerprint density at radius 2 is 1.69 bits per heavy atom. The van der Waals surface area contributed by atoms with Crippen LogP contribution in [0.5, 0.6) is 5.75 Å². The molecule has 1 aromatic heterocycles. The van der Waals surface area contributed by atoms with Gasteiger partial charge in [-0.3, -0.25) is 19.5 Å². The van der Waals surface area contributed by atoms with E-state index >= 15 is 0 Å². The monoisotopic (exact) mass is 466 g/mol. The number of benzene rings is 3. The zero-order valence-corrected chi connectivity index (χ0v) is 19.1. The Bertz CT molecular complexity index is 1450. The number of carbonyl (C=O) groups is 3. The van der Waals surface area contributed by atoms with Gasteiger partial charge in [0.05, 0.1) is 36.0 Å². The highest BCUT2D eigenvalue weighted by Crippen LogP contribution is 2.43. The van der Waals surface area contributed by atoms with E-state index in [1.807, 2.05) is 30.3 Å². The van der Waals surface area contributed by atoms with Gasteiger partial charge >= 0.3 is 0 Å². The first kappa shape index (κ1) is 22.1. The van der Waals surface area contributed by atoms with Crippen LogP contribution in [-0.2, 0) is 16.0 Å². The summed E-state index contributed by atoms with van der Waals surface area (Å²) in [4.78, 5) is 37.4. The summed E-state index contributed by atoms with van der Waals surface area (Å²) >= 11 is 0. The zero-order valence-electron chi connectivity index (χ0n) is 19.1. The third kappa shape index (κ3) is 4.17. The van der Waals surface area contributed by atoms with Crippen LogP contribution in [0, 0.1) is 0 Å². The molecule has 0 atom stereocenters. The predicted octanol–water partition coefficient (Wildman–Crippen LogP) is 4.44. The van der Waals surface area contributed by atoms with Gasteiger partial charge in [-0.25, -0.2) is 0 Å². The second-order valence-corrected chi connectivity index (χ2v) is 8.21. The van der Waals surface area contributed by atoms with Crippen molar-refractivity contribution >= 4 is 29.0 Å². The van der Waals surface area contributed by atoms with Gasteiger partial charge in [-0.05, 0) is 48.0 Å². The maximum atomic E-state index is 13.5. The predicted molar refractivity (Wildman–Crippen MR) is 133 cm³/mol. The van der Waals surface area contributed by atoms with Crippen molar-refractivity contribution in [2.24, 2.45) is 0 Å². The maximum Gasteiger partial charge on any atom is 0.228 e. The quantitative estimate of drug-likeness (QED) is 0.343. The van der Waals surface area contributed by atoms with Crippen molar-refractivity contribution < 1.29 is 19.1 Å². The number of methoxy groups -OCH3 is 1. The van der Waals surface area contributed by atoms with Crippen LogP contribution in [0.15, 0.2) is 66.7 Å². The first-order valence-corrected chi connectivity index (χ1v) is 11.0. The second-order valence-electron chi connectivity index (χ2n) is 8.21. The fraction of sp³-hybridized carbons (Fsp3) is 0.111. The molecule has 174 valence electrons. The number of fused-ring (bicyclic) bond motifs is 3. The Morgan fingerprint density at radius 3 is 2.37 bits per heavy atom. The summed E-state index contributed by atoms with van der Waals surface area (Å²) in [7, 11) is 1.60. The van der Waals surface area contributed by atoms with E-state index in [9.17, 15) is 14.4 Å². The molecule has 1 aliphatic carbocycles. The summed E-state index contributed by atoms with van der Waals surface area (Å²) in [5.41, 5.74) is 5.50. The molecule has 0 bridgehead atoms. The van der Waals surface area contributed by atoms with Gasteiger partial charge < -0.3 is 15.4 Å². The molecule has 3 aromatic carbocycles. The van der Waals surface area contributed by atoms with Gasteiger partial charge in [-0.15, -0.1) is 0 Å². The minimum absolute atomic E-state index is 0.126. The smallest absolute Gasteiger partial charge is 0.228 e. The van der Waals surface area contributed by atoms with Gasteiger partial charge in [0.15, 0.2) is 5.78 Å². The Labute approximate surface area is 201 Å². The van der Waals surface area contributed by atoms with Crippen molar-refractivity contribution in [3.8, 4) is 28.3 Å². The van der Waals surface area contributed by atoms with Crippen molar-refractivity contribution in [3.63, 3.8) is 0 Å². The van der Waals surface area contributed by atoms with E-state index < -0.39 is 0 Å². The molecule has 5 rings (SSSR count). The summed E-state index contributed by atoms with van der Waals surface area (Å²) in [6.45, 7) is 1.44. The number of rotatable bonds is 6. The van der Waals surface area contributed by atoms with E-state index in [1.54, 1.807) is 43.5 Å². The standard InChI is InChI=1S/C27H22N4O4/c1-15(32)28-18-10-6-16(7-11-18)14-22(33)29-21-5-3-4-20-23(21)27(34)24-25(30-31-26(20)24)17-8-12-19(35-2)13-9-17/h3-13H,14H2,1-2H3,(H,28,32)(H,29,33)(H,30,31). The van der Waals surface area contributed by atoms with Crippen LogP contribution in [0.1, 0.15) is 28.4 Å². The molecule has 8 nitrogen and oxygen atoms in total. The van der Waals surface area contributed by atoms with Gasteiger partial charge in [0.2, 0.25) is 11.8 Å². The summed E-state index contributed by atoms with van der Waals surface area (Å²) in [6, 6.07) is 19.8. The third-order valence-corrected chi connectivity index (χ3v) is 5.83. The molecule has 0 fully saturated rings. The minimum atomic E-state index is -0.250. The number of H-pyrrole nitrogens is 1. The number of nitrogens with zero attached hydrogens (tertiary/aromatic N) is 1. The summed E-state index contributed by atoms with van der Waals surface area (Å²) < 4.78 is 5.22. The number of aromatic amines is 1. The highest BCUT2D eigenvalue weighted by molar-refractivity contribution is 6.27. The molecule has 2 amide bonds. The number of amides is 2. The van der Waals surface area contributed by atoms with Crippen LogP contribution < -0.4 is 15.4 Å². The van der Waals surface area contributed by atoms with E-state index in [1.165, 1.54) is 6.92 Å². The first-order chi connectivity index (χ1) is 16.9. The Morgan fingerprint density at radius 1 is 0.943 bits per heavy atom. The molecule has 0 spiro atoms. The molecule has 0 saturated carbocycles. The number of ether oxygens (including phenoxy) is 1. The minimum Gasteiger partial charge on any atom is -0.497 e. The van der Waals surface area contributed by atoms with Crippen LogP contribution in [0.4, 0.5) is 11.4 Å². The van der Waals surface area contributed by atoms with Crippen LogP contribution in [-0.4, -0.2) is 34.9 Å². The largest absolute Gasteiger partial charge is 0.497 e. The van der Waals surface area contributed by atoms with E-state index in [0.717, 1.165) is 11.1 Å². The number of aromatic nitrogens is 2. The maximum absolute atomic E-state index is 13.5. The number of carbonyl (C=O) groups excluding carboxylic acids is 3. The molecular formula is C27H22N4O4. The van der Waals surface area contributed by atoms with Crippen LogP contribution in [0.25, 0.3) is 22.5 Å². The Balaban J connectivity index is 1.38. The Hall–Kier alpha value is -4.72. The molecule has 3 N–H and O–H groups in total. The molecule has 1 heterocycles. The van der Waals surface area contributed by atoms with Crippen molar-refractivity contribution in [1.82, 2.24) is 10.2 Å². The van der Waals surface area contributed by atoms with Gasteiger partial charge in [0, 0.05) is 23.7 Å². The number of anilines is 2. The number of ketones is 1. The van der Waals surface area contributed by atoms with Crippen molar-refractivity contribution in [2.45, 2.75) is 13.3 Å². The summed E-state index contributed by atoms with van der Waals surface area (Å²) in [5.74, 6) is 0.118. The van der Waals surface area contributed by atoms with Crippen molar-refractivity contribution in [3.05, 3.63) is 83.4 Å². The lowest BCUT2D eigenvalue weighted by Crippen LogP contribution is -2.16. The van der Waals surface area contributed by atoms with Gasteiger partial charge in [-0.2, -0.15) is 5.10 Å². The lowest BCUT2D eigenvalue weighted by Gasteiger charge is -2.10. The average molecular weight is 466 g/mol. The molecule has 4 aromatic rings. The van der Waals surface area contributed by atoms with Crippen LogP contribution >= 0.6 is 0 Å². The zero-order chi connectivity index (χ0) is 24.5. The molecule has 0 radical (unpaired) electrons. The molecule has 0 aliphatic heterocycles. The van der Waals surface area contributed by atoms with Gasteiger partial charge in [0.1, 0.15) is 11.4 Å². The number of nitrogens with one attached hydrogen (secondary N) is 3. The number of hydrogen-bond acceptors (Lipinski definition) is 5. The summed E-state index contributed by atoms with van der Waals surface area (Å²) in [5, 5.41) is 13.0. The van der Waals surface area contributed by atoms with Crippen molar-refractivity contribution in [1.29, 1.82) is 0 Å². The summed E-state index contributed by atoms with van der Waals surface area (Å²) in [6.07, 6.45) is 0.126. The lowest BCUT2D eigenvalue weighted by atomic mass is 10.0. The fourth-order valence-electron chi connectivity index (χ4n) is 4.24. The molecule has 1 aliphatic rings. The molecule has 0 saturated heterocycles. The second kappa shape index (κ2) is 8.90. The highest BCUT2D eigenvalue weighted by Gasteiger charge is 2.35. The molecule has 8 heteroatoms. The molecular weight excluding hydrogens is 444 g/mol. The highest BCUT2D eigenvalue weighted by atomic mass is 16.5. The third-order valence-electron chi connectivity index (χ3n) is 5.83. The van der Waals surface area contributed by atoms with E-state index in [4.69, 9.17) is 4.74 Å². The van der Waals surface area contributed by atoms with Crippen molar-refractivity contribution in [2.75, 3.05) is 17.7 Å². The fourth-order valence-corrected chi connectivity index (χ4v) is 4.24. The number of hydrogen-bond donors (Lipinski definition) is 3. The van der Waals surface area contributed by atoms with E-state index in [2.05, 4.69) is 20.8 Å². The SMILES string of the molecule is COc1ccc(-c2[nH]nc3c2C(=O)c2c(NC(=O)Cc4ccc(NC(C)=O)cc4)cccc2-3)cc1.